The summed E-state index contributed by atoms with van der Waals surface area (Å²) in [5.41, 5.74) is 0.473. The summed E-state index contributed by atoms with van der Waals surface area (Å²) in [5, 5.41) is 16.9. The van der Waals surface area contributed by atoms with Crippen LogP contribution in [0.1, 0.15) is 27.8 Å². The Hall–Kier alpha value is -3.62. The first kappa shape index (κ1) is 17.2. The smallest absolute Gasteiger partial charge is 0.360 e. The van der Waals surface area contributed by atoms with Gasteiger partial charge in [0.2, 0.25) is 0 Å². The van der Waals surface area contributed by atoms with E-state index in [1.807, 2.05) is 0 Å². The van der Waals surface area contributed by atoms with E-state index in [4.69, 9.17) is 9.84 Å². The molecule has 2 aromatic heterocycles. The van der Waals surface area contributed by atoms with Gasteiger partial charge in [0, 0.05) is 6.20 Å². The maximum absolute atomic E-state index is 13.6. The molecule has 0 radical (unpaired) electrons. The lowest BCUT2D eigenvalue weighted by Crippen LogP contribution is -2.05. The van der Waals surface area contributed by atoms with Crippen molar-refractivity contribution in [3.05, 3.63) is 59.7 Å². The Kier molecular flexibility index (Phi) is 4.70. The number of carbonyl (C=O) groups is 2. The number of nitrogens with zero attached hydrogens (tertiary/aromatic N) is 4. The number of hydrogen-bond acceptors (Lipinski definition) is 6. The molecule has 0 amide bonds. The Bertz CT molecular complexity index is 1030. The van der Waals surface area contributed by atoms with Crippen LogP contribution < -0.4 is 0 Å². The van der Waals surface area contributed by atoms with Gasteiger partial charge in [0.15, 0.2) is 11.5 Å². The number of fused-ring (bicyclic) bond motifs is 1. The van der Waals surface area contributed by atoms with Crippen molar-refractivity contribution >= 4 is 29.1 Å². The number of ether oxygens (including phenoxy) is 1. The van der Waals surface area contributed by atoms with Crippen LogP contribution >= 0.6 is 0 Å². The maximum Gasteiger partial charge on any atom is 0.360 e. The normalized spacial score (nSPS) is 11.2. The molecule has 9 heteroatoms. The summed E-state index contributed by atoms with van der Waals surface area (Å²) in [6, 6.07) is 8.38. The molecule has 132 valence electrons. The summed E-state index contributed by atoms with van der Waals surface area (Å²) in [7, 11) is 0. The molecule has 0 saturated heterocycles. The Morgan fingerprint density at radius 2 is 2.08 bits per heavy atom. The van der Waals surface area contributed by atoms with Crippen LogP contribution in [0, 0.1) is 5.82 Å². The minimum atomic E-state index is -1.11. The average Bonchev–Trinajstić information content (AvgIpc) is 2.98. The van der Waals surface area contributed by atoms with Crippen molar-refractivity contribution in [3.8, 4) is 0 Å². The molecule has 0 atom stereocenters. The summed E-state index contributed by atoms with van der Waals surface area (Å²) in [5.74, 6) is -2.38. The number of aromatic carboxylic acids is 1. The number of azo groups is 1. The van der Waals surface area contributed by atoms with Crippen molar-refractivity contribution in [2.75, 3.05) is 6.61 Å². The zero-order valence-electron chi connectivity index (χ0n) is 13.6. The number of pyridine rings is 1. The van der Waals surface area contributed by atoms with Gasteiger partial charge in [-0.15, -0.1) is 10.2 Å². The van der Waals surface area contributed by atoms with Crippen LogP contribution in [-0.4, -0.2) is 33.0 Å². The van der Waals surface area contributed by atoms with Crippen molar-refractivity contribution in [2.24, 2.45) is 10.2 Å². The van der Waals surface area contributed by atoms with Gasteiger partial charge in [0.25, 0.3) is 0 Å². The zero-order chi connectivity index (χ0) is 18.7. The highest BCUT2D eigenvalue weighted by Gasteiger charge is 2.20. The van der Waals surface area contributed by atoms with Gasteiger partial charge >= 0.3 is 11.9 Å². The molecular formula is C17H13FN4O4. The van der Waals surface area contributed by atoms with Gasteiger partial charge in [-0.05, 0) is 37.3 Å². The van der Waals surface area contributed by atoms with E-state index in [9.17, 15) is 14.0 Å². The number of carbonyl (C=O) groups excluding carboxylic acids is 1. The van der Waals surface area contributed by atoms with E-state index in [-0.39, 0.29) is 29.4 Å². The van der Waals surface area contributed by atoms with Crippen LogP contribution in [0.15, 0.2) is 52.8 Å². The summed E-state index contributed by atoms with van der Waals surface area (Å²) >= 11 is 0. The molecule has 8 nitrogen and oxygen atoms in total. The third-order valence-electron chi connectivity index (χ3n) is 3.38. The first-order valence-corrected chi connectivity index (χ1v) is 7.59. The maximum atomic E-state index is 13.6. The second-order valence-corrected chi connectivity index (χ2v) is 5.14. The fourth-order valence-electron chi connectivity index (χ4n) is 2.24. The van der Waals surface area contributed by atoms with Crippen LogP contribution in [0.2, 0.25) is 0 Å². The van der Waals surface area contributed by atoms with Crippen molar-refractivity contribution in [1.82, 2.24) is 9.38 Å². The van der Waals surface area contributed by atoms with Crippen LogP contribution in [-0.2, 0) is 4.74 Å². The standard InChI is InChI=1S/C17H13FN4O4/c1-2-26-17(25)14-15(22-9-11(18)6-7-13(22)19-14)21-20-12-5-3-4-10(8-12)16(23)24/h3-9H,2H2,1H3,(H,23,24). The lowest BCUT2D eigenvalue weighted by Gasteiger charge is -2.00. The average molecular weight is 356 g/mol. The highest BCUT2D eigenvalue weighted by Crippen LogP contribution is 2.25. The Morgan fingerprint density at radius 3 is 2.81 bits per heavy atom. The first-order chi connectivity index (χ1) is 12.5. The lowest BCUT2D eigenvalue weighted by molar-refractivity contribution is 0.0520. The highest BCUT2D eigenvalue weighted by atomic mass is 19.1. The molecule has 3 aromatic rings. The minimum absolute atomic E-state index is 0.0151. The van der Waals surface area contributed by atoms with Gasteiger partial charge in [-0.1, -0.05) is 6.07 Å². The van der Waals surface area contributed by atoms with Crippen LogP contribution in [0.5, 0.6) is 0 Å². The van der Waals surface area contributed by atoms with E-state index in [0.29, 0.717) is 5.65 Å². The second kappa shape index (κ2) is 7.09. The van der Waals surface area contributed by atoms with Crippen LogP contribution in [0.4, 0.5) is 15.9 Å². The fraction of sp³-hybridized carbons (Fsp3) is 0.118. The largest absolute Gasteiger partial charge is 0.478 e. The molecule has 0 aliphatic rings. The van der Waals surface area contributed by atoms with Crippen LogP contribution in [0.3, 0.4) is 0 Å². The van der Waals surface area contributed by atoms with Crippen molar-refractivity contribution in [1.29, 1.82) is 0 Å². The lowest BCUT2D eigenvalue weighted by atomic mass is 10.2. The van der Waals surface area contributed by atoms with Crippen molar-refractivity contribution in [3.63, 3.8) is 0 Å². The monoisotopic (exact) mass is 356 g/mol. The molecular weight excluding hydrogens is 343 g/mol. The number of aromatic nitrogens is 2. The fourth-order valence-corrected chi connectivity index (χ4v) is 2.24. The van der Waals surface area contributed by atoms with Crippen LogP contribution in [0.25, 0.3) is 5.65 Å². The molecule has 3 rings (SSSR count). The van der Waals surface area contributed by atoms with Gasteiger partial charge in [-0.25, -0.2) is 19.0 Å². The number of halogens is 1. The van der Waals surface area contributed by atoms with E-state index in [1.165, 1.54) is 34.7 Å². The molecule has 0 unspecified atom stereocenters. The Labute approximate surface area is 146 Å². The number of rotatable bonds is 5. The molecule has 0 fully saturated rings. The predicted octanol–water partition coefficient (Wildman–Crippen LogP) is 3.76. The first-order valence-electron chi connectivity index (χ1n) is 7.59. The van der Waals surface area contributed by atoms with E-state index in [0.717, 1.165) is 6.20 Å². The molecule has 0 spiro atoms. The number of imidazole rings is 1. The van der Waals surface area contributed by atoms with E-state index in [2.05, 4.69) is 15.2 Å². The van der Waals surface area contributed by atoms with E-state index in [1.54, 1.807) is 13.0 Å². The predicted molar refractivity (Wildman–Crippen MR) is 88.7 cm³/mol. The summed E-state index contributed by atoms with van der Waals surface area (Å²) in [4.78, 5) is 27.2. The van der Waals surface area contributed by atoms with Gasteiger partial charge in [0.1, 0.15) is 11.5 Å². The zero-order valence-corrected chi connectivity index (χ0v) is 13.6. The number of esters is 1. The van der Waals surface area contributed by atoms with E-state index >= 15 is 0 Å². The number of hydrogen-bond donors (Lipinski definition) is 1. The van der Waals surface area contributed by atoms with E-state index < -0.39 is 17.8 Å². The Balaban J connectivity index is 2.09. The summed E-state index contributed by atoms with van der Waals surface area (Å²) in [6.07, 6.45) is 1.12. The second-order valence-electron chi connectivity index (χ2n) is 5.14. The quantitative estimate of drug-likeness (QED) is 0.553. The molecule has 1 N–H and O–H groups in total. The van der Waals surface area contributed by atoms with Crippen molar-refractivity contribution in [2.45, 2.75) is 6.92 Å². The Morgan fingerprint density at radius 1 is 1.27 bits per heavy atom. The third kappa shape index (κ3) is 3.41. The molecule has 0 bridgehead atoms. The number of carboxylic acids is 1. The third-order valence-corrected chi connectivity index (χ3v) is 3.38. The summed E-state index contributed by atoms with van der Waals surface area (Å²) in [6.45, 7) is 1.78. The number of carboxylic acid groups (broad SMARTS) is 1. The van der Waals surface area contributed by atoms with Crippen molar-refractivity contribution < 1.29 is 23.8 Å². The van der Waals surface area contributed by atoms with Gasteiger partial charge in [0.05, 0.1) is 17.9 Å². The SMILES string of the molecule is CCOC(=O)c1nc2ccc(F)cn2c1N=Nc1cccc(C(=O)O)c1. The molecule has 0 saturated carbocycles. The van der Waals surface area contributed by atoms with Gasteiger partial charge in [-0.3, -0.25) is 4.40 Å². The summed E-state index contributed by atoms with van der Waals surface area (Å²) < 4.78 is 19.8. The topological polar surface area (TPSA) is 106 Å². The molecule has 2 heterocycles. The highest BCUT2D eigenvalue weighted by molar-refractivity contribution is 5.93. The molecule has 0 aliphatic heterocycles. The van der Waals surface area contributed by atoms with Gasteiger partial charge in [-0.2, -0.15) is 0 Å². The van der Waals surface area contributed by atoms with Gasteiger partial charge < -0.3 is 9.84 Å². The molecule has 0 aliphatic carbocycles. The minimum Gasteiger partial charge on any atom is -0.478 e. The number of benzene rings is 1. The molecule has 26 heavy (non-hydrogen) atoms. The molecule has 1 aromatic carbocycles.